The van der Waals surface area contributed by atoms with Crippen LogP contribution in [0.15, 0.2) is 45.5 Å². The molecule has 1 aromatic carbocycles. The summed E-state index contributed by atoms with van der Waals surface area (Å²) in [4.78, 5) is 31.8. The van der Waals surface area contributed by atoms with Crippen molar-refractivity contribution < 1.29 is 9.59 Å². The SMILES string of the molecule is CSC1=NC2=CC[C@@H]3C(=O)N(c4ccc(Br)cc4)C(=O)[C@@H]3[C@@H]2C1. The number of imide groups is 1. The van der Waals surface area contributed by atoms with Crippen molar-refractivity contribution in [3.8, 4) is 0 Å². The fourth-order valence-electron chi connectivity index (χ4n) is 3.74. The normalized spacial score (nSPS) is 29.3. The number of anilines is 1. The zero-order chi connectivity index (χ0) is 16.1. The van der Waals surface area contributed by atoms with Gasteiger partial charge in [-0.15, -0.1) is 11.8 Å². The molecule has 3 aliphatic rings. The molecule has 118 valence electrons. The Bertz CT molecular complexity index is 756. The number of fused-ring (bicyclic) bond motifs is 3. The molecule has 0 radical (unpaired) electrons. The van der Waals surface area contributed by atoms with Gasteiger partial charge in [-0.2, -0.15) is 0 Å². The highest BCUT2D eigenvalue weighted by Gasteiger charge is 2.54. The molecule has 0 bridgehead atoms. The van der Waals surface area contributed by atoms with Crippen LogP contribution in [0.5, 0.6) is 0 Å². The fraction of sp³-hybridized carbons (Fsp3) is 0.353. The Hall–Kier alpha value is -1.40. The Kier molecular flexibility index (Phi) is 3.69. The zero-order valence-electron chi connectivity index (χ0n) is 12.5. The molecule has 0 N–H and O–H groups in total. The molecule has 23 heavy (non-hydrogen) atoms. The number of nitrogens with zero attached hydrogens (tertiary/aromatic N) is 2. The Morgan fingerprint density at radius 2 is 1.91 bits per heavy atom. The zero-order valence-corrected chi connectivity index (χ0v) is 14.9. The smallest absolute Gasteiger partial charge is 0.238 e. The fourth-order valence-corrected chi connectivity index (χ4v) is 4.55. The first-order valence-electron chi connectivity index (χ1n) is 7.55. The molecule has 1 aliphatic carbocycles. The van der Waals surface area contributed by atoms with Gasteiger partial charge in [0.15, 0.2) is 0 Å². The van der Waals surface area contributed by atoms with Crippen molar-refractivity contribution in [1.29, 1.82) is 0 Å². The number of hydrogen-bond acceptors (Lipinski definition) is 4. The summed E-state index contributed by atoms with van der Waals surface area (Å²) in [6.07, 6.45) is 5.44. The van der Waals surface area contributed by atoms with E-state index < -0.39 is 0 Å². The molecule has 0 aromatic heterocycles. The van der Waals surface area contributed by atoms with Gasteiger partial charge in [-0.3, -0.25) is 19.5 Å². The Balaban J connectivity index is 1.68. The molecule has 1 saturated heterocycles. The summed E-state index contributed by atoms with van der Waals surface area (Å²) < 4.78 is 0.926. The summed E-state index contributed by atoms with van der Waals surface area (Å²) in [6, 6.07) is 7.33. The number of thioether (sulfide) groups is 1. The van der Waals surface area contributed by atoms with E-state index in [1.807, 2.05) is 36.6 Å². The lowest BCUT2D eigenvalue weighted by atomic mass is 9.75. The number of benzene rings is 1. The quantitative estimate of drug-likeness (QED) is 0.687. The second kappa shape index (κ2) is 5.60. The second-order valence-electron chi connectivity index (χ2n) is 6.01. The Morgan fingerprint density at radius 3 is 2.61 bits per heavy atom. The molecule has 0 unspecified atom stereocenters. The standard InChI is InChI=1S/C17H15BrN2O2S/c1-23-14-8-12-13(19-14)7-6-11-15(12)17(22)20(16(11)21)10-4-2-9(18)3-5-10/h2-5,7,11-12,15H,6,8H2,1H3/t11-,12+,15-/m0/s1. The van der Waals surface area contributed by atoms with Crippen LogP contribution in [0.25, 0.3) is 0 Å². The van der Waals surface area contributed by atoms with Crippen LogP contribution in [0.3, 0.4) is 0 Å². The number of carbonyl (C=O) groups is 2. The molecule has 2 heterocycles. The molecule has 0 saturated carbocycles. The van der Waals surface area contributed by atoms with Crippen LogP contribution in [0.1, 0.15) is 12.8 Å². The molecule has 2 aliphatic heterocycles. The van der Waals surface area contributed by atoms with Crippen LogP contribution < -0.4 is 4.90 Å². The number of halogens is 1. The number of carbonyl (C=O) groups excluding carboxylic acids is 2. The van der Waals surface area contributed by atoms with Gasteiger partial charge in [-0.25, -0.2) is 0 Å². The van der Waals surface area contributed by atoms with Crippen molar-refractivity contribution in [2.24, 2.45) is 22.7 Å². The summed E-state index contributed by atoms with van der Waals surface area (Å²) in [5, 5.41) is 1.06. The molecule has 1 fully saturated rings. The maximum atomic E-state index is 13.0. The van der Waals surface area contributed by atoms with E-state index in [1.54, 1.807) is 11.8 Å². The Labute approximate surface area is 147 Å². The number of aliphatic imine (C=N–C) groups is 1. The van der Waals surface area contributed by atoms with E-state index in [9.17, 15) is 9.59 Å². The maximum Gasteiger partial charge on any atom is 0.238 e. The molecule has 2 amide bonds. The Morgan fingerprint density at radius 1 is 1.17 bits per heavy atom. The summed E-state index contributed by atoms with van der Waals surface area (Å²) >= 11 is 5.01. The monoisotopic (exact) mass is 390 g/mol. The van der Waals surface area contributed by atoms with Crippen LogP contribution in [-0.4, -0.2) is 23.1 Å². The van der Waals surface area contributed by atoms with Gasteiger partial charge in [0.1, 0.15) is 0 Å². The van der Waals surface area contributed by atoms with Gasteiger partial charge in [0, 0.05) is 22.5 Å². The summed E-state index contributed by atoms with van der Waals surface area (Å²) in [6.45, 7) is 0. The third-order valence-corrected chi connectivity index (χ3v) is 6.10. The highest BCUT2D eigenvalue weighted by molar-refractivity contribution is 9.10. The first-order chi connectivity index (χ1) is 11.1. The molecule has 4 nitrogen and oxygen atoms in total. The summed E-state index contributed by atoms with van der Waals surface area (Å²) in [5.41, 5.74) is 1.65. The van der Waals surface area contributed by atoms with Crippen molar-refractivity contribution in [3.63, 3.8) is 0 Å². The predicted molar refractivity (Wildman–Crippen MR) is 95.4 cm³/mol. The predicted octanol–water partition coefficient (Wildman–Crippen LogP) is 3.62. The van der Waals surface area contributed by atoms with E-state index in [0.29, 0.717) is 12.1 Å². The highest BCUT2D eigenvalue weighted by Crippen LogP contribution is 2.48. The van der Waals surface area contributed by atoms with Crippen molar-refractivity contribution in [2.75, 3.05) is 11.2 Å². The van der Waals surface area contributed by atoms with Gasteiger partial charge in [0.05, 0.1) is 22.6 Å². The van der Waals surface area contributed by atoms with Crippen LogP contribution in [0.2, 0.25) is 0 Å². The number of allylic oxidation sites excluding steroid dienone is 2. The van der Waals surface area contributed by atoms with E-state index in [2.05, 4.69) is 20.9 Å². The first kappa shape index (κ1) is 15.1. The molecule has 1 aromatic rings. The van der Waals surface area contributed by atoms with E-state index in [4.69, 9.17) is 0 Å². The minimum Gasteiger partial charge on any atom is -0.274 e. The third kappa shape index (κ3) is 2.31. The van der Waals surface area contributed by atoms with E-state index in [1.165, 1.54) is 4.90 Å². The lowest BCUT2D eigenvalue weighted by Crippen LogP contribution is -2.32. The minimum absolute atomic E-state index is 0.0631. The van der Waals surface area contributed by atoms with Crippen LogP contribution in [-0.2, 0) is 9.59 Å². The van der Waals surface area contributed by atoms with Crippen LogP contribution in [0, 0.1) is 17.8 Å². The number of amides is 2. The second-order valence-corrected chi connectivity index (χ2v) is 7.80. The molecule has 6 heteroatoms. The van der Waals surface area contributed by atoms with Gasteiger partial charge in [-0.1, -0.05) is 22.0 Å². The van der Waals surface area contributed by atoms with Crippen LogP contribution in [0.4, 0.5) is 5.69 Å². The van der Waals surface area contributed by atoms with E-state index in [-0.39, 0.29) is 29.6 Å². The van der Waals surface area contributed by atoms with Gasteiger partial charge in [0.2, 0.25) is 11.8 Å². The van der Waals surface area contributed by atoms with Crippen molar-refractivity contribution in [3.05, 3.63) is 40.5 Å². The van der Waals surface area contributed by atoms with Crippen molar-refractivity contribution >= 4 is 50.2 Å². The molecule has 3 atom stereocenters. The van der Waals surface area contributed by atoms with Gasteiger partial charge >= 0.3 is 0 Å². The number of hydrogen-bond donors (Lipinski definition) is 0. The molecular weight excluding hydrogens is 376 g/mol. The highest BCUT2D eigenvalue weighted by atomic mass is 79.9. The minimum atomic E-state index is -0.264. The summed E-state index contributed by atoms with van der Waals surface area (Å²) in [5.74, 6) is -0.588. The average Bonchev–Trinajstić information content (AvgIpc) is 3.08. The van der Waals surface area contributed by atoms with E-state index in [0.717, 1.165) is 21.6 Å². The summed E-state index contributed by atoms with van der Waals surface area (Å²) in [7, 11) is 0. The topological polar surface area (TPSA) is 49.7 Å². The molecule has 4 rings (SSSR count). The van der Waals surface area contributed by atoms with Gasteiger partial charge < -0.3 is 0 Å². The van der Waals surface area contributed by atoms with Gasteiger partial charge in [0.25, 0.3) is 0 Å². The molecule has 0 spiro atoms. The molecular formula is C17H15BrN2O2S. The van der Waals surface area contributed by atoms with Crippen molar-refractivity contribution in [1.82, 2.24) is 0 Å². The number of rotatable bonds is 1. The van der Waals surface area contributed by atoms with E-state index >= 15 is 0 Å². The lowest BCUT2D eigenvalue weighted by Gasteiger charge is -2.25. The maximum absolute atomic E-state index is 13.0. The van der Waals surface area contributed by atoms with Crippen LogP contribution >= 0.6 is 27.7 Å². The largest absolute Gasteiger partial charge is 0.274 e. The third-order valence-electron chi connectivity index (χ3n) is 4.84. The average molecular weight is 391 g/mol. The van der Waals surface area contributed by atoms with Crippen molar-refractivity contribution in [2.45, 2.75) is 12.8 Å². The van der Waals surface area contributed by atoms with Gasteiger partial charge in [-0.05, 0) is 36.9 Å². The first-order valence-corrected chi connectivity index (χ1v) is 9.57. The lowest BCUT2D eigenvalue weighted by molar-refractivity contribution is -0.122.